The SMILES string of the molecule is C[C@@H]1CN(C(=O)CC2CCNCC2)C[C@@H]1NC(=O)c1cc(C2CC2)on1. The molecule has 7 heteroatoms. The maximum Gasteiger partial charge on any atom is 0.273 e. The van der Waals surface area contributed by atoms with E-state index in [4.69, 9.17) is 4.52 Å². The molecule has 2 amide bonds. The number of piperidine rings is 1. The van der Waals surface area contributed by atoms with Crippen LogP contribution in [-0.2, 0) is 4.79 Å². The number of nitrogens with zero attached hydrogens (tertiary/aromatic N) is 2. The largest absolute Gasteiger partial charge is 0.360 e. The van der Waals surface area contributed by atoms with Gasteiger partial charge in [0.05, 0.1) is 6.04 Å². The van der Waals surface area contributed by atoms with E-state index >= 15 is 0 Å². The fraction of sp³-hybridized carbons (Fsp3) is 0.737. The third-order valence-corrected chi connectivity index (χ3v) is 5.94. The van der Waals surface area contributed by atoms with Gasteiger partial charge in [0.15, 0.2) is 5.69 Å². The molecule has 3 fully saturated rings. The van der Waals surface area contributed by atoms with Crippen LogP contribution in [0.25, 0.3) is 0 Å². The Hall–Kier alpha value is -1.89. The Morgan fingerprint density at radius 2 is 2.04 bits per heavy atom. The minimum absolute atomic E-state index is 0.0273. The van der Waals surface area contributed by atoms with Gasteiger partial charge in [-0.1, -0.05) is 12.1 Å². The van der Waals surface area contributed by atoms with Crippen LogP contribution in [-0.4, -0.2) is 54.1 Å². The van der Waals surface area contributed by atoms with Crippen molar-refractivity contribution in [2.45, 2.75) is 51.0 Å². The van der Waals surface area contributed by atoms with Gasteiger partial charge in [0.2, 0.25) is 5.91 Å². The van der Waals surface area contributed by atoms with Crippen molar-refractivity contribution >= 4 is 11.8 Å². The van der Waals surface area contributed by atoms with Crippen LogP contribution in [0.1, 0.15) is 61.2 Å². The molecule has 0 spiro atoms. The Morgan fingerprint density at radius 1 is 1.27 bits per heavy atom. The molecule has 0 unspecified atom stereocenters. The zero-order valence-electron chi connectivity index (χ0n) is 15.4. The summed E-state index contributed by atoms with van der Waals surface area (Å²) in [5, 5.41) is 10.3. The first kappa shape index (κ1) is 17.5. The fourth-order valence-electron chi connectivity index (χ4n) is 4.02. The van der Waals surface area contributed by atoms with Gasteiger partial charge in [-0.05, 0) is 50.6 Å². The number of carbonyl (C=O) groups is 2. The fourth-order valence-corrected chi connectivity index (χ4v) is 4.02. The number of nitrogens with one attached hydrogen (secondary N) is 2. The van der Waals surface area contributed by atoms with E-state index in [1.807, 2.05) is 4.90 Å². The maximum atomic E-state index is 12.6. The highest BCUT2D eigenvalue weighted by Gasteiger charge is 2.35. The summed E-state index contributed by atoms with van der Waals surface area (Å²) in [5.74, 6) is 2.00. The zero-order chi connectivity index (χ0) is 18.1. The average Bonchev–Trinajstić information content (AvgIpc) is 3.25. The smallest absolute Gasteiger partial charge is 0.273 e. The normalized spacial score (nSPS) is 26.9. The van der Waals surface area contributed by atoms with Crippen LogP contribution in [0.3, 0.4) is 0 Å². The molecule has 3 aliphatic rings. The molecule has 0 bridgehead atoms. The summed E-state index contributed by atoms with van der Waals surface area (Å²) in [6.45, 7) is 5.40. The van der Waals surface area contributed by atoms with Gasteiger partial charge < -0.3 is 20.1 Å². The quantitative estimate of drug-likeness (QED) is 0.831. The summed E-state index contributed by atoms with van der Waals surface area (Å²) in [4.78, 5) is 27.0. The molecule has 2 atom stereocenters. The molecular weight excluding hydrogens is 332 g/mol. The molecule has 1 saturated carbocycles. The summed E-state index contributed by atoms with van der Waals surface area (Å²) in [5.41, 5.74) is 0.346. The van der Waals surface area contributed by atoms with Crippen molar-refractivity contribution < 1.29 is 14.1 Å². The first-order valence-electron chi connectivity index (χ1n) is 9.86. The zero-order valence-corrected chi connectivity index (χ0v) is 15.4. The highest BCUT2D eigenvalue weighted by atomic mass is 16.5. The number of hydrogen-bond acceptors (Lipinski definition) is 5. The lowest BCUT2D eigenvalue weighted by atomic mass is 9.94. The third kappa shape index (κ3) is 3.92. The standard InChI is InChI=1S/C19H28N4O3/c1-12-10-23(18(24)8-13-4-6-20-7-5-13)11-16(12)21-19(25)15-9-17(26-22-15)14-2-3-14/h9,12-14,16,20H,2-8,10-11H2,1H3,(H,21,25)/t12-,16+/m1/s1. The molecule has 26 heavy (non-hydrogen) atoms. The summed E-state index contributed by atoms with van der Waals surface area (Å²) >= 11 is 0. The van der Waals surface area contributed by atoms with E-state index in [0.29, 0.717) is 37.0 Å². The van der Waals surface area contributed by atoms with E-state index in [0.717, 1.165) is 44.5 Å². The molecule has 1 aliphatic carbocycles. The van der Waals surface area contributed by atoms with E-state index in [1.165, 1.54) is 0 Å². The summed E-state index contributed by atoms with van der Waals surface area (Å²) in [6.07, 6.45) is 5.01. The second-order valence-corrected chi connectivity index (χ2v) is 8.14. The van der Waals surface area contributed by atoms with Gasteiger partial charge in [-0.15, -0.1) is 0 Å². The minimum Gasteiger partial charge on any atom is -0.360 e. The number of carbonyl (C=O) groups excluding carboxylic acids is 2. The molecule has 0 aromatic carbocycles. The Morgan fingerprint density at radius 3 is 2.77 bits per heavy atom. The van der Waals surface area contributed by atoms with Crippen LogP contribution in [0.5, 0.6) is 0 Å². The second-order valence-electron chi connectivity index (χ2n) is 8.14. The van der Waals surface area contributed by atoms with Crippen LogP contribution < -0.4 is 10.6 Å². The molecule has 2 aliphatic heterocycles. The number of amides is 2. The monoisotopic (exact) mass is 360 g/mol. The molecule has 1 aromatic heterocycles. The first-order valence-corrected chi connectivity index (χ1v) is 9.86. The maximum absolute atomic E-state index is 12.6. The van der Waals surface area contributed by atoms with Crippen LogP contribution in [0.15, 0.2) is 10.6 Å². The Bertz CT molecular complexity index is 663. The molecule has 2 N–H and O–H groups in total. The third-order valence-electron chi connectivity index (χ3n) is 5.94. The second kappa shape index (κ2) is 7.39. The first-order chi connectivity index (χ1) is 12.6. The van der Waals surface area contributed by atoms with Crippen molar-refractivity contribution in [3.05, 3.63) is 17.5 Å². The van der Waals surface area contributed by atoms with Gasteiger partial charge in [-0.2, -0.15) is 0 Å². The van der Waals surface area contributed by atoms with E-state index in [2.05, 4.69) is 22.7 Å². The van der Waals surface area contributed by atoms with Crippen LogP contribution >= 0.6 is 0 Å². The Kier molecular flexibility index (Phi) is 4.98. The molecule has 142 valence electrons. The van der Waals surface area contributed by atoms with E-state index in [-0.39, 0.29) is 23.8 Å². The average molecular weight is 360 g/mol. The van der Waals surface area contributed by atoms with Crippen molar-refractivity contribution in [3.8, 4) is 0 Å². The molecule has 2 saturated heterocycles. The van der Waals surface area contributed by atoms with Gasteiger partial charge in [0.1, 0.15) is 5.76 Å². The lowest BCUT2D eigenvalue weighted by Gasteiger charge is -2.24. The molecule has 4 rings (SSSR count). The summed E-state index contributed by atoms with van der Waals surface area (Å²) < 4.78 is 5.26. The van der Waals surface area contributed by atoms with Crippen molar-refractivity contribution in [1.82, 2.24) is 20.7 Å². The molecular formula is C19H28N4O3. The van der Waals surface area contributed by atoms with E-state index < -0.39 is 0 Å². The van der Waals surface area contributed by atoms with Gasteiger partial charge in [0.25, 0.3) is 5.91 Å². The summed E-state index contributed by atoms with van der Waals surface area (Å²) in [6, 6.07) is 1.73. The molecule has 1 aromatic rings. The topological polar surface area (TPSA) is 87.5 Å². The van der Waals surface area contributed by atoms with Gasteiger partial charge in [0, 0.05) is 31.5 Å². The van der Waals surface area contributed by atoms with E-state index in [1.54, 1.807) is 6.07 Å². The van der Waals surface area contributed by atoms with Crippen LogP contribution in [0.2, 0.25) is 0 Å². The highest BCUT2D eigenvalue weighted by molar-refractivity contribution is 5.92. The van der Waals surface area contributed by atoms with Crippen molar-refractivity contribution in [2.24, 2.45) is 11.8 Å². The predicted molar refractivity (Wildman–Crippen MR) is 95.7 cm³/mol. The number of aromatic nitrogens is 1. The minimum atomic E-state index is -0.204. The molecule has 0 radical (unpaired) electrons. The highest BCUT2D eigenvalue weighted by Crippen LogP contribution is 2.40. The molecule has 3 heterocycles. The van der Waals surface area contributed by atoms with Crippen molar-refractivity contribution in [1.29, 1.82) is 0 Å². The Labute approximate surface area is 153 Å². The Balaban J connectivity index is 1.29. The predicted octanol–water partition coefficient (Wildman–Crippen LogP) is 1.52. The summed E-state index contributed by atoms with van der Waals surface area (Å²) in [7, 11) is 0. The van der Waals surface area contributed by atoms with Crippen LogP contribution in [0, 0.1) is 11.8 Å². The number of hydrogen-bond donors (Lipinski definition) is 2. The van der Waals surface area contributed by atoms with Crippen LogP contribution in [0.4, 0.5) is 0 Å². The van der Waals surface area contributed by atoms with Crippen molar-refractivity contribution in [2.75, 3.05) is 26.2 Å². The number of likely N-dealkylation sites (tertiary alicyclic amines) is 1. The van der Waals surface area contributed by atoms with Gasteiger partial charge in [-0.3, -0.25) is 9.59 Å². The van der Waals surface area contributed by atoms with E-state index in [9.17, 15) is 9.59 Å². The van der Waals surface area contributed by atoms with Gasteiger partial charge >= 0.3 is 0 Å². The lowest BCUT2D eigenvalue weighted by Crippen LogP contribution is -2.41. The van der Waals surface area contributed by atoms with Crippen molar-refractivity contribution in [3.63, 3.8) is 0 Å². The van der Waals surface area contributed by atoms with Gasteiger partial charge in [-0.25, -0.2) is 0 Å². The molecule has 7 nitrogen and oxygen atoms in total. The number of rotatable bonds is 5. The lowest BCUT2D eigenvalue weighted by molar-refractivity contribution is -0.131.